The standard InChI is InChI=1S/C30H33N3O2/c1-20(2)33-18-25(16-26(33)19-34)28-17-27(22-9-6-13-31-14-12-22)29(30(35)32(28)3)24-11-10-21-7-4-5-8-23(21)15-24/h4-12,14-15,17,20,25-26,34H,13,16,18-19H2,1-3H3. The molecule has 2 atom stereocenters. The summed E-state index contributed by atoms with van der Waals surface area (Å²) in [5.41, 5.74) is 4.59. The van der Waals surface area contributed by atoms with Crippen molar-refractivity contribution in [2.24, 2.45) is 12.0 Å². The van der Waals surface area contributed by atoms with Crippen molar-refractivity contribution in [1.82, 2.24) is 9.47 Å². The van der Waals surface area contributed by atoms with Gasteiger partial charge in [-0.2, -0.15) is 0 Å². The quantitative estimate of drug-likeness (QED) is 0.587. The molecule has 180 valence electrons. The van der Waals surface area contributed by atoms with Gasteiger partial charge in [-0.25, -0.2) is 0 Å². The van der Waals surface area contributed by atoms with Crippen LogP contribution in [0.2, 0.25) is 0 Å². The summed E-state index contributed by atoms with van der Waals surface area (Å²) in [6.07, 6.45) is 8.77. The number of aliphatic hydroxyl groups excluding tert-OH is 1. The summed E-state index contributed by atoms with van der Waals surface area (Å²) in [7, 11) is 1.89. The summed E-state index contributed by atoms with van der Waals surface area (Å²) in [6, 6.07) is 17.1. The van der Waals surface area contributed by atoms with Gasteiger partial charge in [0.05, 0.1) is 18.7 Å². The van der Waals surface area contributed by atoms with E-state index in [0.717, 1.165) is 46.1 Å². The predicted octanol–water partition coefficient (Wildman–Crippen LogP) is 4.79. The van der Waals surface area contributed by atoms with Crippen LogP contribution in [0, 0.1) is 0 Å². The van der Waals surface area contributed by atoms with Crippen LogP contribution in [0.5, 0.6) is 0 Å². The zero-order chi connectivity index (χ0) is 24.5. The first-order valence-corrected chi connectivity index (χ1v) is 12.4. The molecule has 0 aliphatic carbocycles. The number of aliphatic imine (C=N–C) groups is 1. The van der Waals surface area contributed by atoms with Crippen LogP contribution in [0.25, 0.3) is 27.5 Å². The van der Waals surface area contributed by atoms with Gasteiger partial charge in [-0.05, 0) is 65.9 Å². The molecule has 2 aliphatic rings. The molecule has 3 aromatic rings. The zero-order valence-electron chi connectivity index (χ0n) is 20.7. The van der Waals surface area contributed by atoms with E-state index in [1.807, 2.05) is 42.1 Å². The van der Waals surface area contributed by atoms with E-state index in [1.54, 1.807) is 0 Å². The number of hydrogen-bond donors (Lipinski definition) is 1. The fourth-order valence-corrected chi connectivity index (χ4v) is 5.60. The molecule has 0 radical (unpaired) electrons. The van der Waals surface area contributed by atoms with Crippen molar-refractivity contribution in [3.8, 4) is 11.1 Å². The maximum atomic E-state index is 14.0. The lowest BCUT2D eigenvalue weighted by Gasteiger charge is -2.26. The summed E-state index contributed by atoms with van der Waals surface area (Å²) in [5, 5.41) is 12.3. The second-order valence-corrected chi connectivity index (χ2v) is 9.88. The Kier molecular flexibility index (Phi) is 6.54. The SMILES string of the molecule is CC(C)N1CC(c2cc(C3=CC=NCC=C3)c(-c3ccc4ccccc4c3)c(=O)n2C)CC1CO. The van der Waals surface area contributed by atoms with Crippen molar-refractivity contribution in [2.45, 2.75) is 38.3 Å². The van der Waals surface area contributed by atoms with Gasteiger partial charge in [0.25, 0.3) is 5.56 Å². The van der Waals surface area contributed by atoms with Crippen molar-refractivity contribution < 1.29 is 5.11 Å². The predicted molar refractivity (Wildman–Crippen MR) is 145 cm³/mol. The molecule has 1 fully saturated rings. The molecule has 1 N–H and O–H groups in total. The molecule has 2 unspecified atom stereocenters. The third-order valence-corrected chi connectivity index (χ3v) is 7.43. The highest BCUT2D eigenvalue weighted by Gasteiger charge is 2.35. The van der Waals surface area contributed by atoms with E-state index in [0.29, 0.717) is 18.2 Å². The van der Waals surface area contributed by atoms with Gasteiger partial charge in [-0.3, -0.25) is 14.7 Å². The van der Waals surface area contributed by atoms with Gasteiger partial charge in [-0.15, -0.1) is 0 Å². The van der Waals surface area contributed by atoms with Crippen molar-refractivity contribution in [3.05, 3.63) is 88.4 Å². The number of pyridine rings is 1. The van der Waals surface area contributed by atoms with Gasteiger partial charge in [0.1, 0.15) is 0 Å². The molecule has 0 saturated carbocycles. The average Bonchev–Trinajstić information content (AvgIpc) is 3.12. The van der Waals surface area contributed by atoms with Crippen molar-refractivity contribution in [3.63, 3.8) is 0 Å². The van der Waals surface area contributed by atoms with E-state index in [1.165, 1.54) is 0 Å². The Hall–Kier alpha value is -3.28. The van der Waals surface area contributed by atoms with Crippen molar-refractivity contribution in [2.75, 3.05) is 19.7 Å². The minimum atomic E-state index is 0.00631. The molecule has 1 saturated heterocycles. The Labute approximate surface area is 206 Å². The smallest absolute Gasteiger partial charge is 0.259 e. The van der Waals surface area contributed by atoms with Gasteiger partial charge in [-0.1, -0.05) is 48.6 Å². The first kappa shape index (κ1) is 23.5. The van der Waals surface area contributed by atoms with Crippen molar-refractivity contribution >= 4 is 22.6 Å². The Morgan fingerprint density at radius 3 is 2.66 bits per heavy atom. The van der Waals surface area contributed by atoms with Crippen molar-refractivity contribution in [1.29, 1.82) is 0 Å². The maximum Gasteiger partial charge on any atom is 0.259 e. The Morgan fingerprint density at radius 2 is 1.91 bits per heavy atom. The molecular weight excluding hydrogens is 434 g/mol. The zero-order valence-corrected chi connectivity index (χ0v) is 20.7. The number of aliphatic hydroxyl groups is 1. The van der Waals surface area contributed by atoms with Crippen LogP contribution >= 0.6 is 0 Å². The molecule has 2 aromatic carbocycles. The Morgan fingerprint density at radius 1 is 1.11 bits per heavy atom. The summed E-state index contributed by atoms with van der Waals surface area (Å²) < 4.78 is 1.83. The van der Waals surface area contributed by atoms with Crippen LogP contribution in [0.15, 0.2) is 76.5 Å². The normalized spacial score (nSPS) is 20.5. The van der Waals surface area contributed by atoms with E-state index >= 15 is 0 Å². The molecule has 2 aliphatic heterocycles. The number of aromatic nitrogens is 1. The topological polar surface area (TPSA) is 57.8 Å². The minimum Gasteiger partial charge on any atom is -0.395 e. The van der Waals surface area contributed by atoms with E-state index in [4.69, 9.17) is 0 Å². The first-order valence-electron chi connectivity index (χ1n) is 12.4. The molecule has 5 rings (SSSR count). The van der Waals surface area contributed by atoms with Gasteiger partial charge in [0, 0.05) is 43.5 Å². The number of likely N-dealkylation sites (tertiary alicyclic amines) is 1. The molecule has 0 bridgehead atoms. The highest BCUT2D eigenvalue weighted by molar-refractivity contribution is 5.95. The third kappa shape index (κ3) is 4.42. The maximum absolute atomic E-state index is 14.0. The lowest BCUT2D eigenvalue weighted by Crippen LogP contribution is -2.37. The molecule has 5 nitrogen and oxygen atoms in total. The first-order chi connectivity index (χ1) is 17.0. The number of allylic oxidation sites excluding steroid dienone is 3. The Bertz CT molecular complexity index is 1400. The van der Waals surface area contributed by atoms with Gasteiger partial charge < -0.3 is 9.67 Å². The second-order valence-electron chi connectivity index (χ2n) is 9.88. The second kappa shape index (κ2) is 9.76. The Balaban J connectivity index is 1.70. The van der Waals surface area contributed by atoms with Crippen LogP contribution in [0.1, 0.15) is 37.4 Å². The fourth-order valence-electron chi connectivity index (χ4n) is 5.60. The highest BCUT2D eigenvalue weighted by Crippen LogP contribution is 2.36. The summed E-state index contributed by atoms with van der Waals surface area (Å²) in [6.45, 7) is 5.93. The summed E-state index contributed by atoms with van der Waals surface area (Å²) >= 11 is 0. The fraction of sp³-hybridized carbons (Fsp3) is 0.333. The molecule has 1 aromatic heterocycles. The van der Waals surface area contributed by atoms with Crippen LogP contribution in [-0.2, 0) is 7.05 Å². The van der Waals surface area contributed by atoms with Crippen LogP contribution in [0.3, 0.4) is 0 Å². The highest BCUT2D eigenvalue weighted by atomic mass is 16.3. The summed E-state index contributed by atoms with van der Waals surface area (Å²) in [4.78, 5) is 20.7. The number of rotatable bonds is 5. The molecular formula is C30H33N3O2. The lowest BCUT2D eigenvalue weighted by atomic mass is 9.90. The van der Waals surface area contributed by atoms with E-state index in [-0.39, 0.29) is 24.1 Å². The molecule has 0 spiro atoms. The van der Waals surface area contributed by atoms with E-state index in [9.17, 15) is 9.90 Å². The molecule has 35 heavy (non-hydrogen) atoms. The van der Waals surface area contributed by atoms with Gasteiger partial charge in [0.2, 0.25) is 0 Å². The van der Waals surface area contributed by atoms with Crippen LogP contribution in [-0.4, -0.2) is 52.6 Å². The number of fused-ring (bicyclic) bond motifs is 1. The van der Waals surface area contributed by atoms with Gasteiger partial charge >= 0.3 is 0 Å². The minimum absolute atomic E-state index is 0.00631. The summed E-state index contributed by atoms with van der Waals surface area (Å²) in [5.74, 6) is 0.181. The monoisotopic (exact) mass is 467 g/mol. The van der Waals surface area contributed by atoms with Crippen LogP contribution < -0.4 is 5.56 Å². The van der Waals surface area contributed by atoms with Gasteiger partial charge in [0.15, 0.2) is 0 Å². The van der Waals surface area contributed by atoms with E-state index < -0.39 is 0 Å². The number of nitrogens with zero attached hydrogens (tertiary/aromatic N) is 3. The third-order valence-electron chi connectivity index (χ3n) is 7.43. The molecule has 3 heterocycles. The largest absolute Gasteiger partial charge is 0.395 e. The average molecular weight is 468 g/mol. The van der Waals surface area contributed by atoms with Crippen LogP contribution in [0.4, 0.5) is 0 Å². The van der Waals surface area contributed by atoms with E-state index in [2.05, 4.69) is 66.2 Å². The number of benzene rings is 2. The number of hydrogen-bond acceptors (Lipinski definition) is 4. The lowest BCUT2D eigenvalue weighted by molar-refractivity contribution is 0.132. The molecule has 5 heteroatoms. The molecule has 0 amide bonds.